The molecule has 6 heteroatoms. The summed E-state index contributed by atoms with van der Waals surface area (Å²) < 4.78 is 0. The Bertz CT molecular complexity index is 520. The number of carbonyl (C=O) groups is 3. The minimum Gasteiger partial charge on any atom is -0.353 e. The number of carbonyl (C=O) groups excluding carboxylic acids is 3. The lowest BCUT2D eigenvalue weighted by atomic mass is 9.80. The van der Waals surface area contributed by atoms with Crippen LogP contribution in [-0.2, 0) is 14.4 Å². The van der Waals surface area contributed by atoms with Gasteiger partial charge in [0.25, 0.3) is 0 Å². The molecular weight excluding hydrogens is 330 g/mol. The largest absolute Gasteiger partial charge is 0.353 e. The van der Waals surface area contributed by atoms with Crippen LogP contribution in [0.5, 0.6) is 0 Å². The Labute approximate surface area is 157 Å². The first-order chi connectivity index (χ1) is 12.3. The molecule has 4 unspecified atom stereocenters. The maximum atomic E-state index is 12.5. The summed E-state index contributed by atoms with van der Waals surface area (Å²) in [5.41, 5.74) is 0. The van der Waals surface area contributed by atoms with Crippen molar-refractivity contribution in [1.29, 1.82) is 0 Å². The summed E-state index contributed by atoms with van der Waals surface area (Å²) in [4.78, 5) is 37.9. The van der Waals surface area contributed by atoms with E-state index < -0.39 is 0 Å². The van der Waals surface area contributed by atoms with Gasteiger partial charge in [0.2, 0.25) is 17.7 Å². The van der Waals surface area contributed by atoms with Crippen molar-refractivity contribution in [1.82, 2.24) is 15.5 Å². The van der Waals surface area contributed by atoms with Crippen LogP contribution >= 0.6 is 0 Å². The fraction of sp³-hybridized carbons (Fsp3) is 0.850. The smallest absolute Gasteiger partial charge is 0.224 e. The van der Waals surface area contributed by atoms with Gasteiger partial charge in [-0.2, -0.15) is 0 Å². The first kappa shape index (κ1) is 20.7. The molecule has 2 N–H and O–H groups in total. The monoisotopic (exact) mass is 365 g/mol. The Morgan fingerprint density at radius 3 is 2.42 bits per heavy atom. The lowest BCUT2D eigenvalue weighted by Crippen LogP contribution is -2.47. The van der Waals surface area contributed by atoms with Gasteiger partial charge in [0.1, 0.15) is 0 Å². The second-order valence-corrected chi connectivity index (χ2v) is 8.54. The van der Waals surface area contributed by atoms with Crippen molar-refractivity contribution in [2.45, 2.75) is 77.8 Å². The van der Waals surface area contributed by atoms with E-state index >= 15 is 0 Å². The molecule has 0 radical (unpaired) electrons. The SMILES string of the molecule is CC(C)C(=O)NC1CCCC(CC(C)C(=O)NC2CCN(C)C(=O)C2)C1. The molecule has 2 fully saturated rings. The topological polar surface area (TPSA) is 78.5 Å². The number of hydrogen-bond donors (Lipinski definition) is 2. The summed E-state index contributed by atoms with van der Waals surface area (Å²) in [5, 5.41) is 6.21. The highest BCUT2D eigenvalue weighted by atomic mass is 16.2. The summed E-state index contributed by atoms with van der Waals surface area (Å²) in [6.07, 6.45) is 6.30. The third-order valence-electron chi connectivity index (χ3n) is 5.79. The van der Waals surface area contributed by atoms with E-state index in [0.29, 0.717) is 18.9 Å². The maximum absolute atomic E-state index is 12.5. The summed E-state index contributed by atoms with van der Waals surface area (Å²) in [6, 6.07) is 0.212. The zero-order valence-electron chi connectivity index (χ0n) is 16.7. The summed E-state index contributed by atoms with van der Waals surface area (Å²) in [6.45, 7) is 6.51. The van der Waals surface area contributed by atoms with Gasteiger partial charge in [0, 0.05) is 43.9 Å². The average molecular weight is 366 g/mol. The van der Waals surface area contributed by atoms with Crippen molar-refractivity contribution in [2.75, 3.05) is 13.6 Å². The van der Waals surface area contributed by atoms with Crippen LogP contribution in [0.25, 0.3) is 0 Å². The molecule has 6 nitrogen and oxygen atoms in total. The molecule has 1 aliphatic carbocycles. The van der Waals surface area contributed by atoms with E-state index in [9.17, 15) is 14.4 Å². The van der Waals surface area contributed by atoms with E-state index in [0.717, 1.165) is 38.5 Å². The number of hydrogen-bond acceptors (Lipinski definition) is 3. The lowest BCUT2D eigenvalue weighted by Gasteiger charge is -2.33. The van der Waals surface area contributed by atoms with Gasteiger partial charge in [0.05, 0.1) is 0 Å². The van der Waals surface area contributed by atoms with E-state index in [-0.39, 0.29) is 41.6 Å². The van der Waals surface area contributed by atoms with Gasteiger partial charge in [0.15, 0.2) is 0 Å². The molecule has 4 atom stereocenters. The van der Waals surface area contributed by atoms with E-state index in [1.807, 2.05) is 20.8 Å². The molecule has 3 amide bonds. The average Bonchev–Trinajstić information content (AvgIpc) is 2.58. The Balaban J connectivity index is 1.77. The third kappa shape index (κ3) is 5.99. The number of nitrogens with one attached hydrogen (secondary N) is 2. The van der Waals surface area contributed by atoms with Crippen LogP contribution in [0.2, 0.25) is 0 Å². The first-order valence-corrected chi connectivity index (χ1v) is 10.1. The van der Waals surface area contributed by atoms with E-state index in [1.165, 1.54) is 0 Å². The predicted molar refractivity (Wildman–Crippen MR) is 101 cm³/mol. The van der Waals surface area contributed by atoms with E-state index in [1.54, 1.807) is 11.9 Å². The molecule has 0 aromatic carbocycles. The van der Waals surface area contributed by atoms with Crippen molar-refractivity contribution in [3.8, 4) is 0 Å². The number of likely N-dealkylation sites (tertiary alicyclic amines) is 1. The molecule has 0 aromatic heterocycles. The van der Waals surface area contributed by atoms with Crippen LogP contribution in [-0.4, -0.2) is 48.3 Å². The Morgan fingerprint density at radius 2 is 1.77 bits per heavy atom. The maximum Gasteiger partial charge on any atom is 0.224 e. The van der Waals surface area contributed by atoms with Crippen LogP contribution in [0, 0.1) is 17.8 Å². The van der Waals surface area contributed by atoms with Crippen LogP contribution in [0.1, 0.15) is 65.7 Å². The van der Waals surface area contributed by atoms with E-state index in [4.69, 9.17) is 0 Å². The van der Waals surface area contributed by atoms with Crippen LogP contribution in [0.4, 0.5) is 0 Å². The Kier molecular flexibility index (Phi) is 7.47. The fourth-order valence-electron chi connectivity index (χ4n) is 4.02. The number of rotatable bonds is 6. The Hall–Kier alpha value is -1.59. The quantitative estimate of drug-likeness (QED) is 0.756. The summed E-state index contributed by atoms with van der Waals surface area (Å²) in [7, 11) is 1.81. The highest BCUT2D eigenvalue weighted by Crippen LogP contribution is 2.30. The van der Waals surface area contributed by atoms with Gasteiger partial charge >= 0.3 is 0 Å². The normalized spacial score (nSPS) is 28.0. The van der Waals surface area contributed by atoms with Crippen molar-refractivity contribution in [3.63, 3.8) is 0 Å². The molecule has 0 aromatic rings. The van der Waals surface area contributed by atoms with Gasteiger partial charge < -0.3 is 15.5 Å². The highest BCUT2D eigenvalue weighted by molar-refractivity contribution is 5.81. The summed E-state index contributed by atoms with van der Waals surface area (Å²) in [5.74, 6) is 0.701. The molecule has 148 valence electrons. The van der Waals surface area contributed by atoms with Gasteiger partial charge in [-0.3, -0.25) is 14.4 Å². The number of amides is 3. The van der Waals surface area contributed by atoms with Crippen molar-refractivity contribution in [3.05, 3.63) is 0 Å². The summed E-state index contributed by atoms with van der Waals surface area (Å²) >= 11 is 0. The van der Waals surface area contributed by atoms with Gasteiger partial charge in [-0.15, -0.1) is 0 Å². The second-order valence-electron chi connectivity index (χ2n) is 8.54. The molecular formula is C20H35N3O3. The van der Waals surface area contributed by atoms with Crippen molar-refractivity contribution >= 4 is 17.7 Å². The van der Waals surface area contributed by atoms with Gasteiger partial charge in [-0.25, -0.2) is 0 Å². The standard InChI is InChI=1S/C20H35N3O3/c1-13(2)19(25)21-16-7-5-6-15(11-16)10-14(3)20(26)22-17-8-9-23(4)18(24)12-17/h13-17H,5-12H2,1-4H3,(H,21,25)(H,22,26). The molecule has 1 heterocycles. The molecule has 1 aliphatic heterocycles. The number of piperidine rings is 1. The lowest BCUT2D eigenvalue weighted by molar-refractivity contribution is -0.134. The molecule has 2 rings (SSSR count). The van der Waals surface area contributed by atoms with Crippen molar-refractivity contribution < 1.29 is 14.4 Å². The molecule has 1 saturated carbocycles. The van der Waals surface area contributed by atoms with Crippen LogP contribution in [0.3, 0.4) is 0 Å². The minimum absolute atomic E-state index is 0.0114. The molecule has 1 saturated heterocycles. The number of nitrogens with zero attached hydrogens (tertiary/aromatic N) is 1. The molecule has 0 bridgehead atoms. The zero-order valence-corrected chi connectivity index (χ0v) is 16.7. The molecule has 0 spiro atoms. The fourth-order valence-corrected chi connectivity index (χ4v) is 4.02. The van der Waals surface area contributed by atoms with Crippen LogP contribution < -0.4 is 10.6 Å². The molecule has 2 aliphatic rings. The predicted octanol–water partition coefficient (Wildman–Crippen LogP) is 2.08. The van der Waals surface area contributed by atoms with Gasteiger partial charge in [-0.05, 0) is 31.6 Å². The third-order valence-corrected chi connectivity index (χ3v) is 5.79. The first-order valence-electron chi connectivity index (χ1n) is 10.1. The van der Waals surface area contributed by atoms with E-state index in [2.05, 4.69) is 10.6 Å². The van der Waals surface area contributed by atoms with Crippen molar-refractivity contribution in [2.24, 2.45) is 17.8 Å². The molecule has 26 heavy (non-hydrogen) atoms. The zero-order chi connectivity index (χ0) is 19.3. The Morgan fingerprint density at radius 1 is 1.08 bits per heavy atom. The minimum atomic E-state index is -0.0608. The van der Waals surface area contributed by atoms with Gasteiger partial charge in [-0.1, -0.05) is 33.6 Å². The second kappa shape index (κ2) is 9.38. The van der Waals surface area contributed by atoms with Crippen LogP contribution in [0.15, 0.2) is 0 Å². The highest BCUT2D eigenvalue weighted by Gasteiger charge is 2.29.